The van der Waals surface area contributed by atoms with Gasteiger partial charge in [-0.25, -0.2) is 0 Å². The summed E-state index contributed by atoms with van der Waals surface area (Å²) in [7, 11) is 0. The minimum Gasteiger partial charge on any atom is -0.394 e. The van der Waals surface area contributed by atoms with E-state index in [1.165, 1.54) is 25.7 Å². The van der Waals surface area contributed by atoms with Gasteiger partial charge >= 0.3 is 0 Å². The number of hydrogen-bond donors (Lipinski definition) is 2. The largest absolute Gasteiger partial charge is 0.394 e. The van der Waals surface area contributed by atoms with Crippen LogP contribution in [0.3, 0.4) is 0 Å². The number of nitrogens with one attached hydrogen (secondary N) is 1. The molecule has 0 radical (unpaired) electrons. The Morgan fingerprint density at radius 1 is 1.33 bits per heavy atom. The third kappa shape index (κ3) is 2.94. The zero-order valence-corrected chi connectivity index (χ0v) is 9.30. The Bertz CT molecular complexity index is 230. The van der Waals surface area contributed by atoms with Crippen LogP contribution in [-0.2, 0) is 4.79 Å². The minimum absolute atomic E-state index is 0.0994. The average molecular weight is 211 g/mol. The molecule has 0 aromatic heterocycles. The highest BCUT2D eigenvalue weighted by Crippen LogP contribution is 2.35. The summed E-state index contributed by atoms with van der Waals surface area (Å²) in [5.74, 6) is 0.911. The van der Waals surface area contributed by atoms with Crippen molar-refractivity contribution in [3.8, 4) is 0 Å². The molecular formula is C12H21NO2. The zero-order chi connectivity index (χ0) is 10.7. The van der Waals surface area contributed by atoms with Crippen molar-refractivity contribution < 1.29 is 9.90 Å². The third-order valence-electron chi connectivity index (χ3n) is 3.82. The Morgan fingerprint density at radius 3 is 2.53 bits per heavy atom. The maximum Gasteiger partial charge on any atom is 0.220 e. The molecule has 0 aliphatic heterocycles. The van der Waals surface area contributed by atoms with Crippen LogP contribution in [0.1, 0.15) is 51.4 Å². The lowest BCUT2D eigenvalue weighted by molar-refractivity contribution is -0.122. The van der Waals surface area contributed by atoms with Gasteiger partial charge in [0.25, 0.3) is 0 Å². The summed E-state index contributed by atoms with van der Waals surface area (Å²) in [5.41, 5.74) is -0.229. The molecule has 0 unspecified atom stereocenters. The summed E-state index contributed by atoms with van der Waals surface area (Å²) >= 11 is 0. The van der Waals surface area contributed by atoms with E-state index >= 15 is 0 Å². The first kappa shape index (κ1) is 10.9. The Hall–Kier alpha value is -0.570. The maximum atomic E-state index is 11.6. The van der Waals surface area contributed by atoms with Crippen LogP contribution < -0.4 is 5.32 Å². The Kier molecular flexibility index (Phi) is 3.29. The molecule has 2 rings (SSSR count). The third-order valence-corrected chi connectivity index (χ3v) is 3.82. The Morgan fingerprint density at radius 2 is 2.00 bits per heavy atom. The summed E-state index contributed by atoms with van der Waals surface area (Å²) in [6.07, 6.45) is 8.85. The lowest BCUT2D eigenvalue weighted by Gasteiger charge is -2.15. The molecule has 15 heavy (non-hydrogen) atoms. The van der Waals surface area contributed by atoms with Gasteiger partial charge in [-0.05, 0) is 25.2 Å². The number of aliphatic hydroxyl groups excluding tert-OH is 1. The number of carbonyl (C=O) groups excluding carboxylic acids is 1. The maximum absolute atomic E-state index is 11.6. The molecule has 0 heterocycles. The Labute approximate surface area is 91.2 Å². The molecule has 1 amide bonds. The van der Waals surface area contributed by atoms with E-state index in [1.54, 1.807) is 0 Å². The molecule has 2 aliphatic carbocycles. The summed E-state index contributed by atoms with van der Waals surface area (Å²) < 4.78 is 0. The molecule has 86 valence electrons. The van der Waals surface area contributed by atoms with E-state index in [9.17, 15) is 4.79 Å². The number of amides is 1. The quantitative estimate of drug-likeness (QED) is 0.725. The van der Waals surface area contributed by atoms with E-state index in [0.29, 0.717) is 6.42 Å². The lowest BCUT2D eigenvalue weighted by Crippen LogP contribution is -2.39. The average Bonchev–Trinajstić information content (AvgIpc) is 2.80. The fourth-order valence-electron chi connectivity index (χ4n) is 2.47. The molecule has 0 aromatic carbocycles. The van der Waals surface area contributed by atoms with Gasteiger partial charge in [-0.15, -0.1) is 0 Å². The highest BCUT2D eigenvalue weighted by Gasteiger charge is 2.43. The van der Waals surface area contributed by atoms with Crippen molar-refractivity contribution >= 4 is 5.91 Å². The van der Waals surface area contributed by atoms with Crippen molar-refractivity contribution in [2.24, 2.45) is 5.92 Å². The van der Waals surface area contributed by atoms with Crippen LogP contribution in [0.25, 0.3) is 0 Å². The Balaban J connectivity index is 1.64. The SMILES string of the molecule is O=C(CCC1CCCC1)NC1(CO)CC1. The predicted molar refractivity (Wildman–Crippen MR) is 58.4 cm³/mol. The van der Waals surface area contributed by atoms with E-state index in [2.05, 4.69) is 5.32 Å². The van der Waals surface area contributed by atoms with Gasteiger partial charge in [-0.1, -0.05) is 25.7 Å². The van der Waals surface area contributed by atoms with Gasteiger partial charge in [-0.3, -0.25) is 4.79 Å². The van der Waals surface area contributed by atoms with E-state index in [4.69, 9.17) is 5.11 Å². The summed E-state index contributed by atoms with van der Waals surface area (Å²) in [5, 5.41) is 12.0. The molecule has 0 atom stereocenters. The fraction of sp³-hybridized carbons (Fsp3) is 0.917. The predicted octanol–water partition coefficient (Wildman–Crippen LogP) is 1.60. The molecular weight excluding hydrogens is 190 g/mol. The van der Waals surface area contributed by atoms with Crippen LogP contribution in [0.4, 0.5) is 0 Å². The molecule has 0 saturated heterocycles. The van der Waals surface area contributed by atoms with Crippen LogP contribution in [0, 0.1) is 5.92 Å². The van der Waals surface area contributed by atoms with Gasteiger partial charge in [0.05, 0.1) is 12.1 Å². The summed E-state index contributed by atoms with van der Waals surface area (Å²) in [4.78, 5) is 11.6. The first-order chi connectivity index (χ1) is 7.24. The number of carbonyl (C=O) groups is 1. The van der Waals surface area contributed by atoms with Crippen molar-refractivity contribution in [2.75, 3.05) is 6.61 Å². The second kappa shape index (κ2) is 4.52. The highest BCUT2D eigenvalue weighted by molar-refractivity contribution is 5.77. The monoisotopic (exact) mass is 211 g/mol. The van der Waals surface area contributed by atoms with Gasteiger partial charge in [0.1, 0.15) is 0 Å². The van der Waals surface area contributed by atoms with E-state index in [1.807, 2.05) is 0 Å². The first-order valence-electron chi connectivity index (χ1n) is 6.16. The smallest absolute Gasteiger partial charge is 0.220 e. The van der Waals surface area contributed by atoms with Crippen molar-refractivity contribution in [3.63, 3.8) is 0 Å². The van der Waals surface area contributed by atoms with Gasteiger partial charge in [-0.2, -0.15) is 0 Å². The second-order valence-corrected chi connectivity index (χ2v) is 5.18. The molecule has 2 saturated carbocycles. The van der Waals surface area contributed by atoms with Crippen LogP contribution in [-0.4, -0.2) is 23.2 Å². The minimum atomic E-state index is -0.229. The number of rotatable bonds is 5. The summed E-state index contributed by atoms with van der Waals surface area (Å²) in [6.45, 7) is 0.0994. The number of hydrogen-bond acceptors (Lipinski definition) is 2. The topological polar surface area (TPSA) is 49.3 Å². The van der Waals surface area contributed by atoms with Crippen LogP contribution in [0.2, 0.25) is 0 Å². The standard InChI is InChI=1S/C12H21NO2/c14-9-12(7-8-12)13-11(15)6-5-10-3-1-2-4-10/h10,14H,1-9H2,(H,13,15). The van der Waals surface area contributed by atoms with E-state index in [0.717, 1.165) is 25.2 Å². The molecule has 2 N–H and O–H groups in total. The van der Waals surface area contributed by atoms with Gasteiger partial charge < -0.3 is 10.4 Å². The fourth-order valence-corrected chi connectivity index (χ4v) is 2.47. The molecule has 0 bridgehead atoms. The van der Waals surface area contributed by atoms with Gasteiger partial charge in [0.2, 0.25) is 5.91 Å². The van der Waals surface area contributed by atoms with Gasteiger partial charge in [0.15, 0.2) is 0 Å². The van der Waals surface area contributed by atoms with Crippen LogP contribution in [0.5, 0.6) is 0 Å². The van der Waals surface area contributed by atoms with Crippen molar-refractivity contribution in [1.29, 1.82) is 0 Å². The zero-order valence-electron chi connectivity index (χ0n) is 9.30. The molecule has 3 nitrogen and oxygen atoms in total. The lowest BCUT2D eigenvalue weighted by atomic mass is 10.0. The van der Waals surface area contributed by atoms with Crippen LogP contribution >= 0.6 is 0 Å². The molecule has 2 fully saturated rings. The highest BCUT2D eigenvalue weighted by atomic mass is 16.3. The first-order valence-corrected chi connectivity index (χ1v) is 6.16. The van der Waals surface area contributed by atoms with Gasteiger partial charge in [0, 0.05) is 6.42 Å². The van der Waals surface area contributed by atoms with E-state index < -0.39 is 0 Å². The molecule has 0 spiro atoms. The second-order valence-electron chi connectivity index (χ2n) is 5.18. The van der Waals surface area contributed by atoms with Crippen LogP contribution in [0.15, 0.2) is 0 Å². The molecule has 2 aliphatic rings. The molecule has 0 aromatic rings. The molecule has 3 heteroatoms. The van der Waals surface area contributed by atoms with E-state index in [-0.39, 0.29) is 18.1 Å². The van der Waals surface area contributed by atoms with Crippen molar-refractivity contribution in [1.82, 2.24) is 5.32 Å². The number of aliphatic hydroxyl groups is 1. The normalized spacial score (nSPS) is 24.1. The van der Waals surface area contributed by atoms with Crippen molar-refractivity contribution in [3.05, 3.63) is 0 Å². The summed E-state index contributed by atoms with van der Waals surface area (Å²) in [6, 6.07) is 0. The van der Waals surface area contributed by atoms with Crippen molar-refractivity contribution in [2.45, 2.75) is 56.9 Å².